The predicted octanol–water partition coefficient (Wildman–Crippen LogP) is 1.72. The number of methoxy groups -OCH3 is 1. The van der Waals surface area contributed by atoms with Crippen LogP contribution in [-0.2, 0) is 19.4 Å². The molecule has 0 aliphatic carbocycles. The zero-order chi connectivity index (χ0) is 13.1. The second-order valence-electron chi connectivity index (χ2n) is 4.67. The molecule has 0 atom stereocenters. The minimum absolute atomic E-state index is 0.713. The molecular formula is C15H17N3O. The molecule has 0 bridgehead atoms. The van der Waals surface area contributed by atoms with E-state index in [-0.39, 0.29) is 0 Å². The molecule has 1 aliphatic rings. The van der Waals surface area contributed by atoms with Crippen molar-refractivity contribution in [3.8, 4) is 5.75 Å². The number of rotatable bonds is 3. The summed E-state index contributed by atoms with van der Waals surface area (Å²) in [5, 5.41) is 3.33. The maximum absolute atomic E-state index is 5.36. The van der Waals surface area contributed by atoms with Gasteiger partial charge in [-0.05, 0) is 6.07 Å². The Hall–Kier alpha value is -1.94. The molecule has 4 nitrogen and oxygen atoms in total. The number of benzene rings is 1. The number of ether oxygens (including phenoxy) is 1. The van der Waals surface area contributed by atoms with E-state index in [0.717, 1.165) is 36.6 Å². The van der Waals surface area contributed by atoms with Gasteiger partial charge in [-0.1, -0.05) is 18.2 Å². The Balaban J connectivity index is 1.87. The van der Waals surface area contributed by atoms with Crippen molar-refractivity contribution < 1.29 is 4.74 Å². The Bertz CT molecular complexity index is 583. The second-order valence-corrected chi connectivity index (χ2v) is 4.67. The average Bonchev–Trinajstić information content (AvgIpc) is 2.48. The van der Waals surface area contributed by atoms with Gasteiger partial charge in [0.25, 0.3) is 0 Å². The Labute approximate surface area is 112 Å². The van der Waals surface area contributed by atoms with Crippen molar-refractivity contribution in [3.05, 3.63) is 53.1 Å². The monoisotopic (exact) mass is 255 g/mol. The molecule has 0 fully saturated rings. The molecule has 3 rings (SSSR count). The van der Waals surface area contributed by atoms with Crippen LogP contribution in [0.1, 0.15) is 22.6 Å². The van der Waals surface area contributed by atoms with E-state index in [9.17, 15) is 0 Å². The van der Waals surface area contributed by atoms with Crippen molar-refractivity contribution >= 4 is 0 Å². The maximum Gasteiger partial charge on any atom is 0.133 e. The lowest BCUT2D eigenvalue weighted by Gasteiger charge is -2.16. The van der Waals surface area contributed by atoms with Crippen LogP contribution in [0.4, 0.5) is 0 Å². The summed E-state index contributed by atoms with van der Waals surface area (Å²) < 4.78 is 5.36. The van der Waals surface area contributed by atoms with E-state index in [4.69, 9.17) is 4.74 Å². The van der Waals surface area contributed by atoms with Gasteiger partial charge >= 0.3 is 0 Å². The fourth-order valence-corrected chi connectivity index (χ4v) is 2.38. The minimum Gasteiger partial charge on any atom is -0.496 e. The normalized spacial score (nSPS) is 13.9. The third-order valence-electron chi connectivity index (χ3n) is 3.40. The quantitative estimate of drug-likeness (QED) is 0.907. The van der Waals surface area contributed by atoms with E-state index in [1.54, 1.807) is 7.11 Å². The van der Waals surface area contributed by atoms with Crippen molar-refractivity contribution in [2.45, 2.75) is 19.4 Å². The van der Waals surface area contributed by atoms with Crippen LogP contribution >= 0.6 is 0 Å². The molecule has 1 aromatic heterocycles. The molecule has 19 heavy (non-hydrogen) atoms. The van der Waals surface area contributed by atoms with Crippen LogP contribution in [0.2, 0.25) is 0 Å². The molecule has 2 heterocycles. The van der Waals surface area contributed by atoms with E-state index >= 15 is 0 Å². The Morgan fingerprint density at radius 3 is 3.11 bits per heavy atom. The van der Waals surface area contributed by atoms with Crippen LogP contribution in [-0.4, -0.2) is 23.6 Å². The van der Waals surface area contributed by atoms with E-state index in [1.165, 1.54) is 11.3 Å². The lowest BCUT2D eigenvalue weighted by atomic mass is 10.1. The van der Waals surface area contributed by atoms with Gasteiger partial charge in [0.05, 0.1) is 7.11 Å². The highest BCUT2D eigenvalue weighted by Gasteiger charge is 2.12. The van der Waals surface area contributed by atoms with Crippen molar-refractivity contribution in [1.29, 1.82) is 0 Å². The number of hydrogen-bond acceptors (Lipinski definition) is 4. The van der Waals surface area contributed by atoms with Gasteiger partial charge in [-0.15, -0.1) is 0 Å². The summed E-state index contributed by atoms with van der Waals surface area (Å²) in [7, 11) is 1.69. The smallest absolute Gasteiger partial charge is 0.133 e. The molecule has 0 saturated heterocycles. The molecule has 0 unspecified atom stereocenters. The molecule has 0 radical (unpaired) electrons. The fourth-order valence-electron chi connectivity index (χ4n) is 2.38. The van der Waals surface area contributed by atoms with Gasteiger partial charge in [-0.2, -0.15) is 0 Å². The highest BCUT2D eigenvalue weighted by molar-refractivity contribution is 5.35. The van der Waals surface area contributed by atoms with Crippen LogP contribution < -0.4 is 10.1 Å². The Kier molecular flexibility index (Phi) is 3.42. The predicted molar refractivity (Wildman–Crippen MR) is 73.2 cm³/mol. The summed E-state index contributed by atoms with van der Waals surface area (Å²) in [4.78, 5) is 9.13. The summed E-state index contributed by atoms with van der Waals surface area (Å²) >= 11 is 0. The highest BCUT2D eigenvalue weighted by atomic mass is 16.5. The molecule has 2 aromatic rings. The van der Waals surface area contributed by atoms with Gasteiger partial charge in [-0.3, -0.25) is 0 Å². The fraction of sp³-hybridized carbons (Fsp3) is 0.333. The van der Waals surface area contributed by atoms with Gasteiger partial charge in [-0.25, -0.2) is 9.97 Å². The Morgan fingerprint density at radius 1 is 1.32 bits per heavy atom. The topological polar surface area (TPSA) is 47.0 Å². The first-order valence-corrected chi connectivity index (χ1v) is 6.53. The van der Waals surface area contributed by atoms with E-state index < -0.39 is 0 Å². The summed E-state index contributed by atoms with van der Waals surface area (Å²) in [5.41, 5.74) is 3.52. The average molecular weight is 255 g/mol. The number of para-hydroxylation sites is 1. The summed E-state index contributed by atoms with van der Waals surface area (Å²) in [6.45, 7) is 1.88. The number of aromatic nitrogens is 2. The number of fused-ring (bicyclic) bond motifs is 1. The summed E-state index contributed by atoms with van der Waals surface area (Å²) in [6.07, 6.45) is 3.64. The van der Waals surface area contributed by atoms with E-state index in [1.807, 2.05) is 24.4 Å². The van der Waals surface area contributed by atoms with Crippen LogP contribution in [0.15, 0.2) is 30.5 Å². The molecule has 4 heteroatoms. The zero-order valence-electron chi connectivity index (χ0n) is 11.0. The molecular weight excluding hydrogens is 238 g/mol. The van der Waals surface area contributed by atoms with Gasteiger partial charge in [0.15, 0.2) is 0 Å². The lowest BCUT2D eigenvalue weighted by molar-refractivity contribution is 0.410. The highest BCUT2D eigenvalue weighted by Crippen LogP contribution is 2.20. The van der Waals surface area contributed by atoms with Crippen LogP contribution in [0.25, 0.3) is 0 Å². The third-order valence-corrected chi connectivity index (χ3v) is 3.40. The standard InChI is InChI=1S/C15H17N3O/c1-19-14-5-3-2-4-11(14)8-15-17-10-12-9-16-7-6-13(12)18-15/h2-5,10,16H,6-9H2,1H3. The molecule has 98 valence electrons. The number of hydrogen-bond donors (Lipinski definition) is 1. The molecule has 1 aliphatic heterocycles. The molecule has 0 amide bonds. The largest absolute Gasteiger partial charge is 0.496 e. The SMILES string of the molecule is COc1ccccc1Cc1ncc2c(n1)CCNC2. The minimum atomic E-state index is 0.713. The zero-order valence-corrected chi connectivity index (χ0v) is 11.0. The molecule has 0 saturated carbocycles. The Morgan fingerprint density at radius 2 is 2.21 bits per heavy atom. The van der Waals surface area contributed by atoms with Crippen LogP contribution in [0.3, 0.4) is 0 Å². The van der Waals surface area contributed by atoms with Crippen molar-refractivity contribution in [1.82, 2.24) is 15.3 Å². The van der Waals surface area contributed by atoms with Crippen molar-refractivity contribution in [2.75, 3.05) is 13.7 Å². The summed E-state index contributed by atoms with van der Waals surface area (Å²) in [6, 6.07) is 8.02. The molecule has 0 spiro atoms. The van der Waals surface area contributed by atoms with E-state index in [2.05, 4.69) is 21.4 Å². The van der Waals surface area contributed by atoms with Crippen LogP contribution in [0, 0.1) is 0 Å². The van der Waals surface area contributed by atoms with Crippen molar-refractivity contribution in [3.63, 3.8) is 0 Å². The maximum atomic E-state index is 5.36. The van der Waals surface area contributed by atoms with Gasteiger partial charge in [0.2, 0.25) is 0 Å². The second kappa shape index (κ2) is 5.36. The first-order valence-electron chi connectivity index (χ1n) is 6.53. The van der Waals surface area contributed by atoms with Gasteiger partial charge < -0.3 is 10.1 Å². The van der Waals surface area contributed by atoms with Gasteiger partial charge in [0.1, 0.15) is 11.6 Å². The summed E-state index contributed by atoms with van der Waals surface area (Å²) in [5.74, 6) is 1.76. The van der Waals surface area contributed by atoms with Crippen LogP contribution in [0.5, 0.6) is 5.75 Å². The first kappa shape index (κ1) is 12.1. The van der Waals surface area contributed by atoms with E-state index in [0.29, 0.717) is 6.42 Å². The third kappa shape index (κ3) is 2.58. The van der Waals surface area contributed by atoms with Gasteiger partial charge in [0, 0.05) is 48.9 Å². The first-order chi connectivity index (χ1) is 9.36. The molecule has 1 aromatic carbocycles. The lowest BCUT2D eigenvalue weighted by Crippen LogP contribution is -2.25. The number of nitrogens with zero attached hydrogens (tertiary/aromatic N) is 2. The molecule has 1 N–H and O–H groups in total. The van der Waals surface area contributed by atoms with Crippen molar-refractivity contribution in [2.24, 2.45) is 0 Å². The number of nitrogens with one attached hydrogen (secondary N) is 1.